The molecule has 0 aromatic carbocycles. The Balaban J connectivity index is 1.42. The van der Waals surface area contributed by atoms with Gasteiger partial charge in [-0.25, -0.2) is 4.68 Å². The van der Waals surface area contributed by atoms with Gasteiger partial charge >= 0.3 is 0 Å². The second-order valence-electron chi connectivity index (χ2n) is 6.00. The van der Waals surface area contributed by atoms with Gasteiger partial charge in [0.1, 0.15) is 5.82 Å². The second-order valence-corrected chi connectivity index (χ2v) is 6.00. The van der Waals surface area contributed by atoms with Crippen molar-refractivity contribution in [1.82, 2.24) is 24.9 Å². The van der Waals surface area contributed by atoms with Gasteiger partial charge in [0, 0.05) is 25.2 Å². The molecule has 7 nitrogen and oxygen atoms in total. The maximum absolute atomic E-state index is 11.9. The van der Waals surface area contributed by atoms with E-state index in [-0.39, 0.29) is 11.9 Å². The quantitative estimate of drug-likeness (QED) is 0.916. The van der Waals surface area contributed by atoms with Crippen LogP contribution in [0.1, 0.15) is 25.0 Å². The fourth-order valence-corrected chi connectivity index (χ4v) is 2.84. The largest absolute Gasteiger partial charge is 0.364 e. The molecule has 0 spiro atoms. The van der Waals surface area contributed by atoms with Crippen LogP contribution < -0.4 is 5.32 Å². The van der Waals surface area contributed by atoms with E-state index in [9.17, 15) is 4.79 Å². The summed E-state index contributed by atoms with van der Waals surface area (Å²) in [6.07, 6.45) is 4.69. The summed E-state index contributed by atoms with van der Waals surface area (Å²) in [7, 11) is 0. The number of anilines is 1. The molecule has 2 aromatic rings. The Hall–Kier alpha value is -2.44. The molecule has 2 aliphatic rings. The lowest BCUT2D eigenvalue weighted by atomic mass is 10.2. The summed E-state index contributed by atoms with van der Waals surface area (Å²) in [5.41, 5.74) is 0.939. The smallest absolute Gasteiger partial charge is 0.225 e. The Bertz CT molecular complexity index is 690. The average Bonchev–Trinajstić information content (AvgIpc) is 3.16. The summed E-state index contributed by atoms with van der Waals surface area (Å²) in [6, 6.07) is 6.28. The van der Waals surface area contributed by atoms with E-state index in [0.717, 1.165) is 25.1 Å². The Morgan fingerprint density at radius 3 is 2.73 bits per heavy atom. The van der Waals surface area contributed by atoms with Crippen LogP contribution in [0.5, 0.6) is 0 Å². The van der Waals surface area contributed by atoms with Crippen molar-refractivity contribution in [3.63, 3.8) is 0 Å². The monoisotopic (exact) mass is 298 g/mol. The number of nitrogens with one attached hydrogen (secondary N) is 1. The SMILES string of the molecule is Cc1ccn(-c2ccc(NC3CC(=O)N(C4CC4)C3)nn2)n1. The first-order valence-corrected chi connectivity index (χ1v) is 7.61. The minimum absolute atomic E-state index is 0.125. The highest BCUT2D eigenvalue weighted by molar-refractivity contribution is 5.80. The third-order valence-electron chi connectivity index (χ3n) is 4.11. The maximum atomic E-state index is 11.9. The van der Waals surface area contributed by atoms with Crippen LogP contribution in [0.3, 0.4) is 0 Å². The van der Waals surface area contributed by atoms with Gasteiger partial charge in [-0.05, 0) is 38.0 Å². The van der Waals surface area contributed by atoms with Crippen LogP contribution in [0.25, 0.3) is 5.82 Å². The van der Waals surface area contributed by atoms with Gasteiger partial charge in [0.15, 0.2) is 5.82 Å². The van der Waals surface area contributed by atoms with Crippen LogP contribution in [0, 0.1) is 6.92 Å². The number of likely N-dealkylation sites (tertiary alicyclic amines) is 1. The molecule has 2 aromatic heterocycles. The van der Waals surface area contributed by atoms with Crippen LogP contribution in [-0.2, 0) is 4.79 Å². The molecule has 22 heavy (non-hydrogen) atoms. The fraction of sp³-hybridized carbons (Fsp3) is 0.467. The number of hydrogen-bond donors (Lipinski definition) is 1. The standard InChI is InChI=1S/C15H18N6O/c1-10-6-7-21(19-10)14-5-4-13(17-18-14)16-11-8-15(22)20(9-11)12-2-3-12/h4-7,11-12H,2-3,8-9H2,1H3,(H,16,17). The molecule has 1 aliphatic heterocycles. The highest BCUT2D eigenvalue weighted by Gasteiger charge is 2.39. The minimum Gasteiger partial charge on any atom is -0.364 e. The van der Waals surface area contributed by atoms with E-state index in [1.165, 1.54) is 0 Å². The Morgan fingerprint density at radius 2 is 2.09 bits per heavy atom. The van der Waals surface area contributed by atoms with Crippen LogP contribution in [-0.4, -0.2) is 49.4 Å². The highest BCUT2D eigenvalue weighted by Crippen LogP contribution is 2.31. The number of rotatable bonds is 4. The van der Waals surface area contributed by atoms with Gasteiger partial charge in [0.05, 0.1) is 11.7 Å². The van der Waals surface area contributed by atoms with Gasteiger partial charge in [0.2, 0.25) is 5.91 Å². The fourth-order valence-electron chi connectivity index (χ4n) is 2.84. The minimum atomic E-state index is 0.125. The molecule has 1 unspecified atom stereocenters. The summed E-state index contributed by atoms with van der Waals surface area (Å²) in [5.74, 6) is 1.63. The Morgan fingerprint density at radius 1 is 1.23 bits per heavy atom. The number of nitrogens with zero attached hydrogens (tertiary/aromatic N) is 5. The lowest BCUT2D eigenvalue weighted by Crippen LogP contribution is -2.30. The summed E-state index contributed by atoms with van der Waals surface area (Å²) in [6.45, 7) is 2.70. The summed E-state index contributed by atoms with van der Waals surface area (Å²) >= 11 is 0. The molecule has 1 N–H and O–H groups in total. The van der Waals surface area contributed by atoms with E-state index in [0.29, 0.717) is 24.1 Å². The number of carbonyl (C=O) groups excluding carboxylic acids is 1. The molecule has 3 heterocycles. The molecule has 1 saturated heterocycles. The van der Waals surface area contributed by atoms with E-state index in [1.54, 1.807) is 4.68 Å². The normalized spacial score (nSPS) is 21.4. The van der Waals surface area contributed by atoms with Crippen molar-refractivity contribution in [2.75, 3.05) is 11.9 Å². The predicted octanol–water partition coefficient (Wildman–Crippen LogP) is 1.15. The van der Waals surface area contributed by atoms with E-state index in [1.807, 2.05) is 36.2 Å². The van der Waals surface area contributed by atoms with Crippen molar-refractivity contribution >= 4 is 11.7 Å². The van der Waals surface area contributed by atoms with Crippen LogP contribution in [0.15, 0.2) is 24.4 Å². The molecule has 4 rings (SSSR count). The topological polar surface area (TPSA) is 75.9 Å². The lowest BCUT2D eigenvalue weighted by Gasteiger charge is -2.16. The average molecular weight is 298 g/mol. The van der Waals surface area contributed by atoms with Crippen molar-refractivity contribution in [2.45, 2.75) is 38.3 Å². The molecule has 0 radical (unpaired) electrons. The lowest BCUT2D eigenvalue weighted by molar-refractivity contribution is -0.128. The molecule has 1 saturated carbocycles. The number of aryl methyl sites for hydroxylation is 1. The number of amides is 1. The zero-order valence-corrected chi connectivity index (χ0v) is 12.4. The number of aromatic nitrogens is 4. The maximum Gasteiger partial charge on any atom is 0.225 e. The third-order valence-corrected chi connectivity index (χ3v) is 4.11. The van der Waals surface area contributed by atoms with Crippen LogP contribution in [0.2, 0.25) is 0 Å². The van der Waals surface area contributed by atoms with Gasteiger partial charge in [-0.1, -0.05) is 0 Å². The zero-order chi connectivity index (χ0) is 15.1. The number of carbonyl (C=O) groups is 1. The van der Waals surface area contributed by atoms with Crippen LogP contribution in [0.4, 0.5) is 5.82 Å². The molecule has 0 bridgehead atoms. The van der Waals surface area contributed by atoms with E-state index in [2.05, 4.69) is 20.6 Å². The zero-order valence-electron chi connectivity index (χ0n) is 12.4. The van der Waals surface area contributed by atoms with Crippen molar-refractivity contribution < 1.29 is 4.79 Å². The van der Waals surface area contributed by atoms with E-state index >= 15 is 0 Å². The van der Waals surface area contributed by atoms with E-state index in [4.69, 9.17) is 0 Å². The predicted molar refractivity (Wildman–Crippen MR) is 80.7 cm³/mol. The van der Waals surface area contributed by atoms with Crippen molar-refractivity contribution in [1.29, 1.82) is 0 Å². The molecular formula is C15H18N6O. The highest BCUT2D eigenvalue weighted by atomic mass is 16.2. The first-order chi connectivity index (χ1) is 10.7. The molecule has 1 amide bonds. The first kappa shape index (κ1) is 13.2. The summed E-state index contributed by atoms with van der Waals surface area (Å²) in [4.78, 5) is 13.9. The first-order valence-electron chi connectivity index (χ1n) is 7.61. The number of hydrogen-bond acceptors (Lipinski definition) is 5. The van der Waals surface area contributed by atoms with Crippen LogP contribution >= 0.6 is 0 Å². The Kier molecular flexibility index (Phi) is 3.06. The van der Waals surface area contributed by atoms with Gasteiger partial charge in [0.25, 0.3) is 0 Å². The molecule has 1 aliphatic carbocycles. The van der Waals surface area contributed by atoms with E-state index < -0.39 is 0 Å². The van der Waals surface area contributed by atoms with Gasteiger partial charge in [-0.15, -0.1) is 10.2 Å². The van der Waals surface area contributed by atoms with Crippen molar-refractivity contribution in [3.8, 4) is 5.82 Å². The third kappa shape index (κ3) is 2.54. The summed E-state index contributed by atoms with van der Waals surface area (Å²) < 4.78 is 1.69. The molecule has 114 valence electrons. The van der Waals surface area contributed by atoms with Gasteiger partial charge in [-0.2, -0.15) is 5.10 Å². The molecule has 7 heteroatoms. The summed E-state index contributed by atoms with van der Waals surface area (Å²) in [5, 5.41) is 16.0. The molecular weight excluding hydrogens is 280 g/mol. The Labute approximate surface area is 128 Å². The van der Waals surface area contributed by atoms with Crippen molar-refractivity contribution in [2.24, 2.45) is 0 Å². The second kappa shape index (κ2) is 5.08. The van der Waals surface area contributed by atoms with Gasteiger partial charge in [-0.3, -0.25) is 4.79 Å². The molecule has 2 fully saturated rings. The van der Waals surface area contributed by atoms with Crippen molar-refractivity contribution in [3.05, 3.63) is 30.1 Å². The van der Waals surface area contributed by atoms with Gasteiger partial charge < -0.3 is 10.2 Å². The molecule has 1 atom stereocenters.